The van der Waals surface area contributed by atoms with E-state index < -0.39 is 27.0 Å². The van der Waals surface area contributed by atoms with Crippen LogP contribution in [0.25, 0.3) is 0 Å². The number of thiazole rings is 1. The van der Waals surface area contributed by atoms with Gasteiger partial charge in [0.2, 0.25) is 0 Å². The first-order valence-corrected chi connectivity index (χ1v) is 7.14. The summed E-state index contributed by atoms with van der Waals surface area (Å²) in [5.74, 6) is -1.42. The summed E-state index contributed by atoms with van der Waals surface area (Å²) in [6, 6.07) is 0. The lowest BCUT2D eigenvalue weighted by molar-refractivity contribution is -0.146. The van der Waals surface area contributed by atoms with Crippen molar-refractivity contribution in [2.24, 2.45) is 0 Å². The quantitative estimate of drug-likeness (QED) is 0.523. The number of aliphatic hydroxyl groups excluding tert-OH is 1. The Balaban J connectivity index is 2.69. The molecule has 0 bridgehead atoms. The van der Waals surface area contributed by atoms with Crippen LogP contribution in [0, 0.1) is 6.92 Å². The van der Waals surface area contributed by atoms with Crippen LogP contribution in [0.5, 0.6) is 0 Å². The van der Waals surface area contributed by atoms with Gasteiger partial charge in [-0.15, -0.1) is 0 Å². The van der Waals surface area contributed by atoms with Crippen molar-refractivity contribution >= 4 is 27.3 Å². The first-order chi connectivity index (χ1) is 8.24. The maximum absolute atomic E-state index is 11.7. The summed E-state index contributed by atoms with van der Waals surface area (Å²) < 4.78 is 25.4. The number of aliphatic hydroxyl groups is 1. The number of hydrogen-bond acceptors (Lipinski definition) is 6. The highest BCUT2D eigenvalue weighted by molar-refractivity contribution is 7.91. The summed E-state index contributed by atoms with van der Waals surface area (Å²) >= 11 is 0.546. The Morgan fingerprint density at radius 2 is 2.17 bits per heavy atom. The number of hydrogen-bond donors (Lipinski definition) is 4. The van der Waals surface area contributed by atoms with Gasteiger partial charge in [-0.05, 0) is 13.3 Å². The van der Waals surface area contributed by atoms with Crippen LogP contribution >= 0.6 is 11.3 Å². The lowest BCUT2D eigenvalue weighted by Gasteiger charge is -2.07. The van der Waals surface area contributed by atoms with Crippen LogP contribution in [0.4, 0.5) is 0 Å². The third kappa shape index (κ3) is 3.63. The summed E-state index contributed by atoms with van der Waals surface area (Å²) in [5, 5.41) is 17.4. The van der Waals surface area contributed by atoms with E-state index in [1.54, 1.807) is 0 Å². The Morgan fingerprint density at radius 3 is 2.61 bits per heavy atom. The summed E-state index contributed by atoms with van der Waals surface area (Å²) in [7, 11) is -3.86. The predicted octanol–water partition coefficient (Wildman–Crippen LogP) is -1.14. The maximum atomic E-state index is 11.7. The van der Waals surface area contributed by atoms with Gasteiger partial charge in [-0.25, -0.2) is 17.9 Å². The molecule has 0 aliphatic carbocycles. The fourth-order valence-electron chi connectivity index (χ4n) is 1.17. The molecule has 1 atom stereocenters. The molecule has 4 N–H and O–H groups in total. The monoisotopic (exact) mass is 296 g/mol. The average molecular weight is 296 g/mol. The lowest BCUT2D eigenvalue weighted by atomic mass is 10.3. The third-order valence-corrected chi connectivity index (χ3v) is 5.09. The van der Waals surface area contributed by atoms with Crippen LogP contribution < -0.4 is 9.60 Å². The molecule has 1 aromatic heterocycles. The van der Waals surface area contributed by atoms with Crippen molar-refractivity contribution in [1.82, 2.24) is 9.71 Å². The second-order valence-corrected chi connectivity index (χ2v) is 6.41. The number of aliphatic carboxylic acids is 1. The highest BCUT2D eigenvalue weighted by Gasteiger charge is 2.21. The smallest absolute Gasteiger partial charge is 0.332 e. The van der Waals surface area contributed by atoms with Gasteiger partial charge in [0.05, 0.1) is 0 Å². The van der Waals surface area contributed by atoms with Gasteiger partial charge in [-0.2, -0.15) is 0 Å². The Morgan fingerprint density at radius 1 is 1.56 bits per heavy atom. The molecule has 8 nitrogen and oxygen atoms in total. The maximum Gasteiger partial charge on any atom is 0.332 e. The van der Waals surface area contributed by atoms with Crippen molar-refractivity contribution in [1.29, 1.82) is 0 Å². The number of aromatic amines is 1. The Labute approximate surface area is 106 Å². The minimum Gasteiger partial charge on any atom is -0.479 e. The minimum atomic E-state index is -3.86. The van der Waals surface area contributed by atoms with E-state index in [-0.39, 0.29) is 22.9 Å². The number of carboxylic acid groups (broad SMARTS) is 1. The first-order valence-electron chi connectivity index (χ1n) is 4.84. The van der Waals surface area contributed by atoms with Crippen molar-refractivity contribution in [3.8, 4) is 0 Å². The van der Waals surface area contributed by atoms with E-state index in [0.717, 1.165) is 0 Å². The Bertz CT molecular complexity index is 587. The zero-order valence-electron chi connectivity index (χ0n) is 9.34. The molecule has 0 unspecified atom stereocenters. The van der Waals surface area contributed by atoms with Gasteiger partial charge in [-0.1, -0.05) is 11.3 Å². The second kappa shape index (κ2) is 5.61. The number of aryl methyl sites for hydroxylation is 1. The summed E-state index contributed by atoms with van der Waals surface area (Å²) in [6.45, 7) is 1.21. The Kier molecular flexibility index (Phi) is 4.62. The summed E-state index contributed by atoms with van der Waals surface area (Å²) in [6.07, 6.45) is -1.88. The predicted molar refractivity (Wildman–Crippen MR) is 63.1 cm³/mol. The van der Waals surface area contributed by atoms with Crippen molar-refractivity contribution in [2.45, 2.75) is 23.7 Å². The van der Waals surface area contributed by atoms with E-state index in [9.17, 15) is 18.0 Å². The second-order valence-electron chi connectivity index (χ2n) is 3.47. The average Bonchev–Trinajstić information content (AvgIpc) is 2.58. The van der Waals surface area contributed by atoms with Gasteiger partial charge in [0.1, 0.15) is 0 Å². The highest BCUT2D eigenvalue weighted by atomic mass is 32.2. The van der Waals surface area contributed by atoms with E-state index in [1.807, 2.05) is 0 Å². The molecule has 0 fully saturated rings. The lowest BCUT2D eigenvalue weighted by Crippen LogP contribution is -2.30. The van der Waals surface area contributed by atoms with Crippen LogP contribution in [0.15, 0.2) is 9.00 Å². The van der Waals surface area contributed by atoms with Crippen LogP contribution in [-0.2, 0) is 14.8 Å². The molecule has 0 aliphatic rings. The topological polar surface area (TPSA) is 137 Å². The zero-order valence-corrected chi connectivity index (χ0v) is 11.0. The first kappa shape index (κ1) is 14.8. The molecule has 102 valence electrons. The molecule has 0 radical (unpaired) electrons. The molecule has 0 saturated heterocycles. The summed E-state index contributed by atoms with van der Waals surface area (Å²) in [4.78, 5) is 23.1. The van der Waals surface area contributed by atoms with E-state index in [4.69, 9.17) is 10.2 Å². The largest absolute Gasteiger partial charge is 0.479 e. The number of nitrogens with one attached hydrogen (secondary N) is 2. The molecule has 0 amide bonds. The molecule has 0 spiro atoms. The van der Waals surface area contributed by atoms with E-state index in [1.165, 1.54) is 6.92 Å². The van der Waals surface area contributed by atoms with E-state index >= 15 is 0 Å². The molecule has 0 aromatic carbocycles. The van der Waals surface area contributed by atoms with Gasteiger partial charge >= 0.3 is 10.8 Å². The number of aromatic nitrogens is 1. The van der Waals surface area contributed by atoms with Crippen LogP contribution in [-0.4, -0.2) is 42.2 Å². The van der Waals surface area contributed by atoms with Gasteiger partial charge in [-0.3, -0.25) is 4.79 Å². The van der Waals surface area contributed by atoms with Crippen molar-refractivity contribution in [2.75, 3.05) is 6.54 Å². The highest BCUT2D eigenvalue weighted by Crippen LogP contribution is 2.15. The van der Waals surface area contributed by atoms with Crippen molar-refractivity contribution in [3.63, 3.8) is 0 Å². The molecular weight excluding hydrogens is 284 g/mol. The van der Waals surface area contributed by atoms with Crippen molar-refractivity contribution in [3.05, 3.63) is 15.4 Å². The summed E-state index contributed by atoms with van der Waals surface area (Å²) in [5.41, 5.74) is 0.219. The third-order valence-electron chi connectivity index (χ3n) is 2.02. The molecule has 1 heterocycles. The molecule has 0 aliphatic heterocycles. The number of H-pyrrole nitrogens is 1. The normalized spacial score (nSPS) is 13.4. The molecule has 10 heteroatoms. The fourth-order valence-corrected chi connectivity index (χ4v) is 3.56. The molecular formula is C8H12N2O6S2. The molecule has 1 rings (SSSR count). The van der Waals surface area contributed by atoms with E-state index in [0.29, 0.717) is 11.3 Å². The molecule has 18 heavy (non-hydrogen) atoms. The number of carboxylic acids is 1. The fraction of sp³-hybridized carbons (Fsp3) is 0.500. The number of rotatable bonds is 6. The Hall–Kier alpha value is -1.23. The van der Waals surface area contributed by atoms with Crippen molar-refractivity contribution < 1.29 is 23.4 Å². The van der Waals surface area contributed by atoms with Crippen LogP contribution in [0.2, 0.25) is 0 Å². The van der Waals surface area contributed by atoms with Gasteiger partial charge in [0.25, 0.3) is 10.0 Å². The van der Waals surface area contributed by atoms with Gasteiger partial charge in [0.15, 0.2) is 10.3 Å². The van der Waals surface area contributed by atoms with Gasteiger partial charge in [0, 0.05) is 12.2 Å². The minimum absolute atomic E-state index is 0.141. The van der Waals surface area contributed by atoms with Crippen LogP contribution in [0.3, 0.4) is 0 Å². The van der Waals surface area contributed by atoms with Gasteiger partial charge < -0.3 is 15.2 Å². The molecule has 1 aromatic rings. The van der Waals surface area contributed by atoms with E-state index in [2.05, 4.69) is 9.71 Å². The van der Waals surface area contributed by atoms with Crippen LogP contribution in [0.1, 0.15) is 12.1 Å². The number of sulfonamides is 1. The molecule has 0 saturated carbocycles. The zero-order chi connectivity index (χ0) is 13.9. The SMILES string of the molecule is Cc1[nH]c(=O)sc1S(=O)(=O)NCC[C@H](O)C(=O)O. The standard InChI is InChI=1S/C8H12N2O6S2/c1-4-7(17-8(14)10-4)18(15,16)9-3-2-5(11)6(12)13/h5,9,11H,2-3H2,1H3,(H,10,14)(H,12,13)/t5-/m0/s1. The number of carbonyl (C=O) groups is 1.